The van der Waals surface area contributed by atoms with Crippen molar-refractivity contribution in [3.8, 4) is 0 Å². The van der Waals surface area contributed by atoms with Gasteiger partial charge in [-0.05, 0) is 18.4 Å². The smallest absolute Gasteiger partial charge is 0.222 e. The first-order chi connectivity index (χ1) is 6.24. The van der Waals surface area contributed by atoms with E-state index in [0.29, 0.717) is 5.92 Å². The summed E-state index contributed by atoms with van der Waals surface area (Å²) in [6, 6.07) is 1.96. The number of nitrogens with one attached hydrogen (secondary N) is 1. The minimum absolute atomic E-state index is 0.463. The summed E-state index contributed by atoms with van der Waals surface area (Å²) in [6.45, 7) is 7.32. The molecule has 0 fully saturated rings. The highest BCUT2D eigenvalue weighted by molar-refractivity contribution is 5.25. The first kappa shape index (κ1) is 9.96. The van der Waals surface area contributed by atoms with Crippen molar-refractivity contribution in [1.29, 1.82) is 0 Å². The molecule has 3 heteroatoms. The molecule has 1 N–H and O–H groups in total. The van der Waals surface area contributed by atoms with E-state index in [-0.39, 0.29) is 0 Å². The molecule has 72 valence electrons. The number of hydrogen-bond acceptors (Lipinski definition) is 3. The molecule has 0 bridgehead atoms. The zero-order valence-electron chi connectivity index (χ0n) is 8.54. The van der Waals surface area contributed by atoms with Crippen molar-refractivity contribution in [3.63, 3.8) is 0 Å². The van der Waals surface area contributed by atoms with Gasteiger partial charge in [-0.1, -0.05) is 20.8 Å². The quantitative estimate of drug-likeness (QED) is 0.771. The lowest BCUT2D eigenvalue weighted by Crippen LogP contribution is -2.05. The number of anilines is 1. The molecule has 0 radical (unpaired) electrons. The zero-order valence-corrected chi connectivity index (χ0v) is 8.54. The van der Waals surface area contributed by atoms with Crippen molar-refractivity contribution in [1.82, 2.24) is 9.97 Å². The summed E-state index contributed by atoms with van der Waals surface area (Å²) in [5.74, 6) is 1.21. The van der Waals surface area contributed by atoms with E-state index in [1.807, 2.05) is 6.07 Å². The SMILES string of the molecule is CCCNc1nccc(C(C)C)n1. The summed E-state index contributed by atoms with van der Waals surface area (Å²) in [5.41, 5.74) is 1.09. The largest absolute Gasteiger partial charge is 0.354 e. The predicted molar refractivity (Wildman–Crippen MR) is 54.9 cm³/mol. The first-order valence-corrected chi connectivity index (χ1v) is 4.81. The van der Waals surface area contributed by atoms with Gasteiger partial charge < -0.3 is 5.32 Å². The predicted octanol–water partition coefficient (Wildman–Crippen LogP) is 2.42. The topological polar surface area (TPSA) is 37.8 Å². The van der Waals surface area contributed by atoms with Gasteiger partial charge in [0.1, 0.15) is 0 Å². The molecule has 13 heavy (non-hydrogen) atoms. The van der Waals surface area contributed by atoms with Crippen molar-refractivity contribution < 1.29 is 0 Å². The Balaban J connectivity index is 2.68. The molecule has 0 aliphatic rings. The van der Waals surface area contributed by atoms with Crippen LogP contribution in [-0.2, 0) is 0 Å². The summed E-state index contributed by atoms with van der Waals surface area (Å²) in [5, 5.41) is 3.17. The minimum atomic E-state index is 0.463. The molecule has 0 aromatic carbocycles. The maximum Gasteiger partial charge on any atom is 0.222 e. The van der Waals surface area contributed by atoms with E-state index < -0.39 is 0 Å². The first-order valence-electron chi connectivity index (χ1n) is 4.81. The van der Waals surface area contributed by atoms with Crippen LogP contribution in [0.1, 0.15) is 38.8 Å². The molecule has 1 rings (SSSR count). The van der Waals surface area contributed by atoms with Crippen LogP contribution in [0.3, 0.4) is 0 Å². The lowest BCUT2D eigenvalue weighted by Gasteiger charge is -2.06. The lowest BCUT2D eigenvalue weighted by atomic mass is 10.1. The maximum absolute atomic E-state index is 4.39. The third-order valence-corrected chi connectivity index (χ3v) is 1.80. The van der Waals surface area contributed by atoms with E-state index in [1.54, 1.807) is 6.20 Å². The van der Waals surface area contributed by atoms with Crippen molar-refractivity contribution in [2.24, 2.45) is 0 Å². The molecule has 0 aliphatic heterocycles. The van der Waals surface area contributed by atoms with Crippen LogP contribution in [-0.4, -0.2) is 16.5 Å². The van der Waals surface area contributed by atoms with Gasteiger partial charge in [-0.15, -0.1) is 0 Å². The van der Waals surface area contributed by atoms with E-state index in [9.17, 15) is 0 Å². The second-order valence-electron chi connectivity index (χ2n) is 3.39. The maximum atomic E-state index is 4.39. The highest BCUT2D eigenvalue weighted by atomic mass is 15.1. The lowest BCUT2D eigenvalue weighted by molar-refractivity contribution is 0.812. The van der Waals surface area contributed by atoms with Crippen LogP contribution in [0, 0.1) is 0 Å². The van der Waals surface area contributed by atoms with Gasteiger partial charge in [0, 0.05) is 18.4 Å². The average molecular weight is 179 g/mol. The van der Waals surface area contributed by atoms with Gasteiger partial charge in [0.15, 0.2) is 0 Å². The molecule has 0 atom stereocenters. The molecule has 0 saturated carbocycles. The Labute approximate surface area is 79.6 Å². The van der Waals surface area contributed by atoms with Gasteiger partial charge in [0.25, 0.3) is 0 Å². The van der Waals surface area contributed by atoms with Crippen molar-refractivity contribution in [3.05, 3.63) is 18.0 Å². The second kappa shape index (κ2) is 4.80. The molecule has 0 aliphatic carbocycles. The number of hydrogen-bond donors (Lipinski definition) is 1. The summed E-state index contributed by atoms with van der Waals surface area (Å²) in [6.07, 6.45) is 2.90. The Bertz CT molecular complexity index is 258. The molecule has 0 saturated heterocycles. The van der Waals surface area contributed by atoms with Gasteiger partial charge in [-0.25, -0.2) is 9.97 Å². The van der Waals surface area contributed by atoms with Crippen molar-refractivity contribution in [2.75, 3.05) is 11.9 Å². The summed E-state index contributed by atoms with van der Waals surface area (Å²) >= 11 is 0. The van der Waals surface area contributed by atoms with E-state index in [4.69, 9.17) is 0 Å². The van der Waals surface area contributed by atoms with Gasteiger partial charge in [-0.2, -0.15) is 0 Å². The van der Waals surface area contributed by atoms with Crippen LogP contribution in [0.5, 0.6) is 0 Å². The van der Waals surface area contributed by atoms with E-state index >= 15 is 0 Å². The normalized spacial score (nSPS) is 10.5. The fourth-order valence-corrected chi connectivity index (χ4v) is 1.02. The fraction of sp³-hybridized carbons (Fsp3) is 0.600. The molecule has 1 heterocycles. The number of aromatic nitrogens is 2. The fourth-order valence-electron chi connectivity index (χ4n) is 1.02. The van der Waals surface area contributed by atoms with Gasteiger partial charge in [0.05, 0.1) is 0 Å². The number of nitrogens with zero attached hydrogens (tertiary/aromatic N) is 2. The van der Waals surface area contributed by atoms with Gasteiger partial charge >= 0.3 is 0 Å². The monoisotopic (exact) mass is 179 g/mol. The zero-order chi connectivity index (χ0) is 9.68. The molecule has 0 amide bonds. The Morgan fingerprint density at radius 2 is 2.23 bits per heavy atom. The molecular formula is C10H17N3. The third kappa shape index (κ3) is 3.01. The standard InChI is InChI=1S/C10H17N3/c1-4-6-11-10-12-7-5-9(13-10)8(2)3/h5,7-8H,4,6H2,1-3H3,(H,11,12,13). The highest BCUT2D eigenvalue weighted by Gasteiger charge is 2.01. The summed E-state index contributed by atoms with van der Waals surface area (Å²) in [7, 11) is 0. The summed E-state index contributed by atoms with van der Waals surface area (Å²) in [4.78, 5) is 8.52. The minimum Gasteiger partial charge on any atom is -0.354 e. The van der Waals surface area contributed by atoms with Crippen LogP contribution in [0.2, 0.25) is 0 Å². The Kier molecular flexibility index (Phi) is 3.68. The average Bonchev–Trinajstić information content (AvgIpc) is 2.15. The van der Waals surface area contributed by atoms with Crippen molar-refractivity contribution in [2.45, 2.75) is 33.1 Å². The molecular weight excluding hydrogens is 162 g/mol. The van der Waals surface area contributed by atoms with E-state index in [0.717, 1.165) is 24.6 Å². The van der Waals surface area contributed by atoms with Gasteiger partial charge in [-0.3, -0.25) is 0 Å². The van der Waals surface area contributed by atoms with Crippen molar-refractivity contribution >= 4 is 5.95 Å². The van der Waals surface area contributed by atoms with Crippen LogP contribution in [0.25, 0.3) is 0 Å². The van der Waals surface area contributed by atoms with Crippen LogP contribution < -0.4 is 5.32 Å². The molecule has 0 spiro atoms. The van der Waals surface area contributed by atoms with E-state index in [1.165, 1.54) is 0 Å². The molecule has 1 aromatic heterocycles. The Hall–Kier alpha value is -1.12. The molecule has 3 nitrogen and oxygen atoms in total. The highest BCUT2D eigenvalue weighted by Crippen LogP contribution is 2.11. The van der Waals surface area contributed by atoms with E-state index in [2.05, 4.69) is 36.1 Å². The summed E-state index contributed by atoms with van der Waals surface area (Å²) < 4.78 is 0. The van der Waals surface area contributed by atoms with Gasteiger partial charge in [0.2, 0.25) is 5.95 Å². The van der Waals surface area contributed by atoms with Crippen LogP contribution in [0.4, 0.5) is 5.95 Å². The Morgan fingerprint density at radius 3 is 2.85 bits per heavy atom. The third-order valence-electron chi connectivity index (χ3n) is 1.80. The van der Waals surface area contributed by atoms with Crippen LogP contribution in [0.15, 0.2) is 12.3 Å². The molecule has 0 unspecified atom stereocenters. The Morgan fingerprint density at radius 1 is 1.46 bits per heavy atom. The second-order valence-corrected chi connectivity index (χ2v) is 3.39. The van der Waals surface area contributed by atoms with Crippen LogP contribution >= 0.6 is 0 Å². The molecule has 1 aromatic rings. The number of rotatable bonds is 4.